The van der Waals surface area contributed by atoms with Gasteiger partial charge in [-0.05, 0) is 66.8 Å². The van der Waals surface area contributed by atoms with Crippen molar-refractivity contribution < 1.29 is 14.3 Å². The second-order valence-corrected chi connectivity index (χ2v) is 7.35. The standard InChI is InChI=1S/C21H22N4O3/c1-13(27)23-18-6-4-15(5-7-18)19-24-25-20(28-19)16-3-2-14-8-9-21(22,12-26)11-17(14)10-16/h2-7,10,26H,8-9,11-12,22H2,1H3,(H,23,27)/t21-/m0/s1. The van der Waals surface area contributed by atoms with E-state index >= 15 is 0 Å². The van der Waals surface area contributed by atoms with Crippen LogP contribution in [0.2, 0.25) is 0 Å². The SMILES string of the molecule is CC(=O)Nc1ccc(-c2nnc(-c3ccc4c(c3)C[C@](N)(CO)CC4)o2)cc1. The van der Waals surface area contributed by atoms with E-state index in [4.69, 9.17) is 10.2 Å². The molecule has 7 nitrogen and oxygen atoms in total. The molecule has 0 spiro atoms. The van der Waals surface area contributed by atoms with Crippen molar-refractivity contribution >= 4 is 11.6 Å². The first-order chi connectivity index (χ1) is 13.5. The summed E-state index contributed by atoms with van der Waals surface area (Å²) in [4.78, 5) is 11.1. The Balaban J connectivity index is 1.58. The van der Waals surface area contributed by atoms with Gasteiger partial charge in [-0.3, -0.25) is 4.79 Å². The minimum Gasteiger partial charge on any atom is -0.416 e. The molecule has 2 aromatic carbocycles. The normalized spacial score (nSPS) is 18.5. The molecule has 3 aromatic rings. The Morgan fingerprint density at radius 1 is 1.14 bits per heavy atom. The maximum atomic E-state index is 11.1. The molecular formula is C21H22N4O3. The van der Waals surface area contributed by atoms with Crippen molar-refractivity contribution in [3.05, 3.63) is 53.6 Å². The van der Waals surface area contributed by atoms with E-state index in [0.717, 1.165) is 29.5 Å². The third-order valence-corrected chi connectivity index (χ3v) is 5.08. The number of rotatable bonds is 4. The lowest BCUT2D eigenvalue weighted by Gasteiger charge is -2.33. The van der Waals surface area contributed by atoms with Gasteiger partial charge in [-0.2, -0.15) is 0 Å². The quantitative estimate of drug-likeness (QED) is 0.643. The highest BCUT2D eigenvalue weighted by molar-refractivity contribution is 5.88. The summed E-state index contributed by atoms with van der Waals surface area (Å²) in [5.74, 6) is 0.717. The molecule has 0 radical (unpaired) electrons. The zero-order valence-corrected chi connectivity index (χ0v) is 15.6. The molecule has 0 unspecified atom stereocenters. The van der Waals surface area contributed by atoms with Gasteiger partial charge < -0.3 is 20.6 Å². The van der Waals surface area contributed by atoms with Gasteiger partial charge in [-0.25, -0.2) is 0 Å². The molecule has 1 heterocycles. The lowest BCUT2D eigenvalue weighted by Crippen LogP contribution is -2.48. The van der Waals surface area contributed by atoms with Crippen LogP contribution < -0.4 is 11.1 Å². The van der Waals surface area contributed by atoms with Crippen molar-refractivity contribution in [2.75, 3.05) is 11.9 Å². The molecule has 0 aliphatic heterocycles. The molecule has 1 amide bonds. The van der Waals surface area contributed by atoms with Gasteiger partial charge in [0.15, 0.2) is 0 Å². The monoisotopic (exact) mass is 378 g/mol. The van der Waals surface area contributed by atoms with E-state index in [2.05, 4.69) is 21.6 Å². The Morgan fingerprint density at radius 2 is 1.82 bits per heavy atom. The summed E-state index contributed by atoms with van der Waals surface area (Å²) in [7, 11) is 0. The minimum atomic E-state index is -0.568. The fraction of sp³-hybridized carbons (Fsp3) is 0.286. The van der Waals surface area contributed by atoms with E-state index in [1.165, 1.54) is 12.5 Å². The first-order valence-corrected chi connectivity index (χ1v) is 9.19. The van der Waals surface area contributed by atoms with Gasteiger partial charge in [0.2, 0.25) is 17.7 Å². The smallest absolute Gasteiger partial charge is 0.248 e. The number of aromatic nitrogens is 2. The highest BCUT2D eigenvalue weighted by Gasteiger charge is 2.30. The van der Waals surface area contributed by atoms with Crippen LogP contribution in [-0.2, 0) is 17.6 Å². The zero-order valence-electron chi connectivity index (χ0n) is 15.6. The van der Waals surface area contributed by atoms with E-state index in [1.807, 2.05) is 24.3 Å². The molecule has 1 atom stereocenters. The summed E-state index contributed by atoms with van der Waals surface area (Å²) in [5, 5.41) is 20.6. The van der Waals surface area contributed by atoms with Gasteiger partial charge in [0.1, 0.15) is 0 Å². The van der Waals surface area contributed by atoms with Gasteiger partial charge in [0, 0.05) is 29.3 Å². The Labute approximate surface area is 162 Å². The van der Waals surface area contributed by atoms with Crippen molar-refractivity contribution in [1.29, 1.82) is 0 Å². The third-order valence-electron chi connectivity index (χ3n) is 5.08. The highest BCUT2D eigenvalue weighted by atomic mass is 16.4. The van der Waals surface area contributed by atoms with Crippen molar-refractivity contribution in [2.24, 2.45) is 5.73 Å². The Bertz CT molecular complexity index is 1010. The maximum absolute atomic E-state index is 11.1. The van der Waals surface area contributed by atoms with E-state index in [-0.39, 0.29) is 12.5 Å². The Hall–Kier alpha value is -3.03. The van der Waals surface area contributed by atoms with Gasteiger partial charge in [0.05, 0.1) is 6.61 Å². The minimum absolute atomic E-state index is 0.0319. The fourth-order valence-corrected chi connectivity index (χ4v) is 3.51. The summed E-state index contributed by atoms with van der Waals surface area (Å²) in [6, 6.07) is 13.3. The molecule has 0 bridgehead atoms. The van der Waals surface area contributed by atoms with Crippen LogP contribution in [0.3, 0.4) is 0 Å². The van der Waals surface area contributed by atoms with Crippen LogP contribution in [0.15, 0.2) is 46.9 Å². The first-order valence-electron chi connectivity index (χ1n) is 9.19. The average Bonchev–Trinajstić information content (AvgIpc) is 3.18. The van der Waals surface area contributed by atoms with Crippen LogP contribution in [0.5, 0.6) is 0 Å². The number of carbonyl (C=O) groups excluding carboxylic acids is 1. The largest absolute Gasteiger partial charge is 0.416 e. The van der Waals surface area contributed by atoms with Gasteiger partial charge in [-0.15, -0.1) is 10.2 Å². The van der Waals surface area contributed by atoms with E-state index in [9.17, 15) is 9.90 Å². The molecule has 7 heteroatoms. The van der Waals surface area contributed by atoms with Crippen LogP contribution in [0.4, 0.5) is 5.69 Å². The molecule has 4 rings (SSSR count). The number of hydrogen-bond donors (Lipinski definition) is 3. The number of aliphatic hydroxyl groups excluding tert-OH is 1. The number of fused-ring (bicyclic) bond motifs is 1. The lowest BCUT2D eigenvalue weighted by molar-refractivity contribution is -0.114. The molecule has 1 aliphatic carbocycles. The second kappa shape index (κ2) is 7.18. The molecular weight excluding hydrogens is 356 g/mol. The van der Waals surface area contributed by atoms with Gasteiger partial charge in [0.25, 0.3) is 0 Å². The van der Waals surface area contributed by atoms with E-state index in [1.54, 1.807) is 12.1 Å². The summed E-state index contributed by atoms with van der Waals surface area (Å²) < 4.78 is 5.86. The van der Waals surface area contributed by atoms with Crippen molar-refractivity contribution in [1.82, 2.24) is 10.2 Å². The first kappa shape index (κ1) is 18.3. The number of nitrogens with zero attached hydrogens (tertiary/aromatic N) is 2. The third kappa shape index (κ3) is 3.67. The fourth-order valence-electron chi connectivity index (χ4n) is 3.51. The van der Waals surface area contributed by atoms with Crippen LogP contribution in [0.1, 0.15) is 24.5 Å². The number of nitrogens with one attached hydrogen (secondary N) is 1. The summed E-state index contributed by atoms with van der Waals surface area (Å²) in [6.45, 7) is 1.43. The second-order valence-electron chi connectivity index (χ2n) is 7.35. The van der Waals surface area contributed by atoms with Crippen LogP contribution in [0.25, 0.3) is 22.9 Å². The summed E-state index contributed by atoms with van der Waals surface area (Å²) >= 11 is 0. The number of carbonyl (C=O) groups is 1. The number of amides is 1. The average molecular weight is 378 g/mol. The molecule has 1 aromatic heterocycles. The van der Waals surface area contributed by atoms with Crippen LogP contribution in [-0.4, -0.2) is 33.4 Å². The number of aryl methyl sites for hydroxylation is 1. The van der Waals surface area contributed by atoms with E-state index in [0.29, 0.717) is 23.9 Å². The predicted molar refractivity (Wildman–Crippen MR) is 106 cm³/mol. The molecule has 4 N–H and O–H groups in total. The lowest BCUT2D eigenvalue weighted by atomic mass is 9.78. The van der Waals surface area contributed by atoms with Crippen LogP contribution in [0, 0.1) is 0 Å². The number of anilines is 1. The number of aliphatic hydroxyl groups is 1. The number of hydrogen-bond acceptors (Lipinski definition) is 6. The summed E-state index contributed by atoms with van der Waals surface area (Å²) in [5.41, 5.74) is 10.3. The molecule has 28 heavy (non-hydrogen) atoms. The highest BCUT2D eigenvalue weighted by Crippen LogP contribution is 2.31. The molecule has 0 saturated heterocycles. The number of nitrogens with two attached hydrogens (primary N) is 1. The zero-order chi connectivity index (χ0) is 19.7. The predicted octanol–water partition coefficient (Wildman–Crippen LogP) is 2.54. The maximum Gasteiger partial charge on any atom is 0.248 e. The molecule has 144 valence electrons. The van der Waals surface area contributed by atoms with Gasteiger partial charge in [-0.1, -0.05) is 6.07 Å². The Morgan fingerprint density at radius 3 is 2.50 bits per heavy atom. The molecule has 1 aliphatic rings. The molecule has 0 saturated carbocycles. The Kier molecular flexibility index (Phi) is 4.70. The van der Waals surface area contributed by atoms with Gasteiger partial charge >= 0.3 is 0 Å². The topological polar surface area (TPSA) is 114 Å². The molecule has 0 fully saturated rings. The number of benzene rings is 2. The van der Waals surface area contributed by atoms with E-state index < -0.39 is 5.54 Å². The summed E-state index contributed by atoms with van der Waals surface area (Å²) in [6.07, 6.45) is 2.25. The van der Waals surface area contributed by atoms with Crippen LogP contribution >= 0.6 is 0 Å². The van der Waals surface area contributed by atoms with Crippen molar-refractivity contribution in [2.45, 2.75) is 31.7 Å². The van der Waals surface area contributed by atoms with Crippen molar-refractivity contribution in [3.8, 4) is 22.9 Å². The van der Waals surface area contributed by atoms with Crippen molar-refractivity contribution in [3.63, 3.8) is 0 Å².